The van der Waals surface area contributed by atoms with E-state index in [-0.39, 0.29) is 96.6 Å². The molecule has 8 aliphatic heterocycles. The van der Waals surface area contributed by atoms with Gasteiger partial charge < -0.3 is 79.6 Å². The molecule has 0 atom stereocenters. The summed E-state index contributed by atoms with van der Waals surface area (Å²) in [7, 11) is 0. The largest absolute Gasteiger partial charge is 2.00 e. The first-order valence-electron chi connectivity index (χ1n) is 7.59. The van der Waals surface area contributed by atoms with Gasteiger partial charge >= 0.3 is 17.1 Å². The van der Waals surface area contributed by atoms with Crippen LogP contribution in [0.4, 0.5) is 0 Å². The standard InChI is InChI=1S/2C6H12N4.2ClH.Mn.10H2O/c2*1-7-2-9-4-8(1)5-10(3-7)6-9;;;;;;;;;;;;;/h2*1-6H2;2*1H;;10*1H2/q;;;;+2;;;;;;;;;;/p+4. The number of rotatable bonds is 0. The summed E-state index contributed by atoms with van der Waals surface area (Å²) in [6, 6.07) is 0. The van der Waals surface area contributed by atoms with Gasteiger partial charge in [0, 0.05) is 0 Å². The zero-order valence-corrected chi connectivity index (χ0v) is 21.4. The van der Waals surface area contributed by atoms with E-state index in [1.165, 1.54) is 80.0 Å². The van der Waals surface area contributed by atoms with Gasteiger partial charge in [-0.05, 0) is 0 Å². The van der Waals surface area contributed by atoms with Crippen LogP contribution in [0.25, 0.3) is 0 Å². The fraction of sp³-hybridized carbons (Fsp3) is 1.00. The summed E-state index contributed by atoms with van der Waals surface area (Å²) in [5.41, 5.74) is 0. The average Bonchev–Trinajstić information content (AvgIpc) is 2.35. The molecule has 8 rings (SSSR count). The molecule has 0 amide bonds. The second-order valence-corrected chi connectivity index (χ2v) is 7.06. The van der Waals surface area contributed by atoms with Gasteiger partial charge in [0.15, 0.2) is 0 Å². The third-order valence-electron chi connectivity index (χ3n) is 4.80. The smallest absolute Gasteiger partial charge is 1.00 e. The summed E-state index contributed by atoms with van der Waals surface area (Å²) >= 11 is 0. The van der Waals surface area contributed by atoms with Crippen LogP contribution in [0.1, 0.15) is 0 Å². The fourth-order valence-corrected chi connectivity index (χ4v) is 4.47. The van der Waals surface area contributed by atoms with Crippen LogP contribution >= 0.6 is 0 Å². The normalized spacial score (nSPS) is 34.9. The van der Waals surface area contributed by atoms with Gasteiger partial charge in [-0.2, -0.15) is 0 Å². The van der Waals surface area contributed by atoms with Crippen LogP contribution in [-0.2, 0) is 49.9 Å². The van der Waals surface area contributed by atoms with Crippen molar-refractivity contribution in [3.63, 3.8) is 0 Å². The second kappa shape index (κ2) is 24.1. The molecule has 21 heteroatoms. The first-order valence-corrected chi connectivity index (χ1v) is 7.59. The minimum atomic E-state index is 0. The van der Waals surface area contributed by atoms with Crippen molar-refractivity contribution in [2.75, 3.05) is 80.0 Å². The number of halogens is 2. The van der Waals surface area contributed by atoms with Crippen LogP contribution in [0.5, 0.6) is 0 Å². The van der Waals surface area contributed by atoms with Gasteiger partial charge in [0.1, 0.15) is 0 Å². The first-order chi connectivity index (χ1) is 9.80. The number of hydrogen-bond acceptors (Lipinski definition) is 8. The van der Waals surface area contributed by atoms with E-state index in [4.69, 9.17) is 0 Å². The van der Waals surface area contributed by atoms with E-state index in [0.717, 1.165) is 0 Å². The molecular weight excluding hydrogens is 542 g/mol. The van der Waals surface area contributed by atoms with E-state index >= 15 is 0 Å². The van der Waals surface area contributed by atoms with Crippen molar-refractivity contribution in [3.8, 4) is 0 Å². The SMILES string of the molecule is C1N2CN3CN1CN(C2)C3.C1N2CN3CN1CN(C2)C3.O.O.O.O.[Cl-].[Cl-].[Mn+2].[OH3+].[OH3+].[OH3+].[OH3+].[OH3+].[OH3+]. The van der Waals surface area contributed by atoms with Gasteiger partial charge in [0.2, 0.25) is 0 Å². The van der Waals surface area contributed by atoms with Gasteiger partial charge in [-0.25, -0.2) is 0 Å². The van der Waals surface area contributed by atoms with Gasteiger partial charge in [0.05, 0.1) is 80.0 Å². The summed E-state index contributed by atoms with van der Waals surface area (Å²) in [4.78, 5) is 19.8. The van der Waals surface area contributed by atoms with E-state index < -0.39 is 0 Å². The Kier molecular flexibility index (Phi) is 43.0. The van der Waals surface area contributed by atoms with Crippen LogP contribution in [-0.4, -0.2) is 141 Å². The van der Waals surface area contributed by atoms with E-state index in [2.05, 4.69) is 39.2 Å². The van der Waals surface area contributed by atoms with Crippen molar-refractivity contribution < 1.29 is 96.6 Å². The molecule has 8 saturated heterocycles. The first kappa shape index (κ1) is 58.9. The summed E-state index contributed by atoms with van der Waals surface area (Å²) < 4.78 is 0. The minimum Gasteiger partial charge on any atom is -1.00 e. The molecule has 0 saturated carbocycles. The van der Waals surface area contributed by atoms with Crippen molar-refractivity contribution in [2.24, 2.45) is 0 Å². The summed E-state index contributed by atoms with van der Waals surface area (Å²) in [5.74, 6) is 0. The summed E-state index contributed by atoms with van der Waals surface area (Å²) in [5, 5.41) is 0. The van der Waals surface area contributed by atoms with Gasteiger partial charge in [-0.3, -0.25) is 39.2 Å². The zero-order chi connectivity index (χ0) is 13.1. The molecule has 18 nitrogen and oxygen atoms in total. The third kappa shape index (κ3) is 12.8. The molecule has 0 aromatic rings. The van der Waals surface area contributed by atoms with Crippen LogP contribution < -0.4 is 24.8 Å². The molecule has 0 aliphatic carbocycles. The molecule has 26 N–H and O–H groups in total. The fourth-order valence-electron chi connectivity index (χ4n) is 4.47. The Morgan fingerprint density at radius 3 is 0.364 bits per heavy atom. The molecule has 1 radical (unpaired) electrons. The quantitative estimate of drug-likeness (QED) is 0.191. The molecule has 33 heavy (non-hydrogen) atoms. The molecule has 8 bridgehead atoms. The van der Waals surface area contributed by atoms with Gasteiger partial charge in [-0.1, -0.05) is 0 Å². The van der Waals surface area contributed by atoms with Crippen LogP contribution in [0.15, 0.2) is 0 Å². The van der Waals surface area contributed by atoms with Crippen molar-refractivity contribution >= 4 is 0 Å². The topological polar surface area (TPSA) is 350 Å². The monoisotopic (exact) mass is 591 g/mol. The van der Waals surface area contributed by atoms with E-state index in [9.17, 15) is 0 Å². The predicted molar refractivity (Wildman–Crippen MR) is 117 cm³/mol. The van der Waals surface area contributed by atoms with Gasteiger partial charge in [0.25, 0.3) is 0 Å². The second-order valence-electron chi connectivity index (χ2n) is 7.06. The van der Waals surface area contributed by atoms with E-state index in [1.807, 2.05) is 0 Å². The maximum atomic E-state index is 2.47. The molecule has 0 unspecified atom stereocenters. The maximum Gasteiger partial charge on any atom is 2.00 e. The summed E-state index contributed by atoms with van der Waals surface area (Å²) in [6.07, 6.45) is 0. The Morgan fingerprint density at radius 1 is 0.242 bits per heavy atom. The van der Waals surface area contributed by atoms with Crippen molar-refractivity contribution in [1.82, 2.24) is 39.2 Å². The molecule has 8 aliphatic rings. The van der Waals surface area contributed by atoms with Crippen molar-refractivity contribution in [3.05, 3.63) is 0 Å². The number of nitrogens with zero attached hydrogens (tertiary/aromatic N) is 8. The third-order valence-corrected chi connectivity index (χ3v) is 4.80. The minimum absolute atomic E-state index is 0. The summed E-state index contributed by atoms with van der Waals surface area (Å²) in [6.45, 7) is 14.2. The predicted octanol–water partition coefficient (Wildman–Crippen LogP) is -16.9. The van der Waals surface area contributed by atoms with Crippen LogP contribution in [0.2, 0.25) is 0 Å². The Bertz CT molecular complexity index is 283. The van der Waals surface area contributed by atoms with Gasteiger partial charge in [-0.15, -0.1) is 0 Å². The van der Waals surface area contributed by atoms with Crippen molar-refractivity contribution in [2.45, 2.75) is 0 Å². The molecule has 8 heterocycles. The van der Waals surface area contributed by atoms with Crippen molar-refractivity contribution in [1.29, 1.82) is 0 Å². The Labute approximate surface area is 216 Å². The maximum absolute atomic E-state index is 2.47. The molecule has 0 aromatic carbocycles. The Balaban J connectivity index is -0.0000000358. The molecule has 0 spiro atoms. The zero-order valence-electron chi connectivity index (χ0n) is 18.7. The molecule has 8 fully saturated rings. The Morgan fingerprint density at radius 2 is 0.303 bits per heavy atom. The molecule has 213 valence electrons. The van der Waals surface area contributed by atoms with E-state index in [0.29, 0.717) is 0 Å². The van der Waals surface area contributed by atoms with E-state index in [1.54, 1.807) is 0 Å². The van der Waals surface area contributed by atoms with Crippen LogP contribution in [0, 0.1) is 0 Å². The molecule has 0 aromatic heterocycles. The molecular formula is C12H50Cl2MnN8O10+6. The van der Waals surface area contributed by atoms with Crippen LogP contribution in [0.3, 0.4) is 0 Å². The number of hydrogen-bond donors (Lipinski definition) is 0. The Hall–Kier alpha value is 0.379. The average molecular weight is 592 g/mol.